The fourth-order valence-corrected chi connectivity index (χ4v) is 1.96. The zero-order valence-corrected chi connectivity index (χ0v) is 10.9. The molecule has 0 fully saturated rings. The first-order chi connectivity index (χ1) is 8.99. The van der Waals surface area contributed by atoms with E-state index in [0.717, 1.165) is 0 Å². The van der Waals surface area contributed by atoms with Crippen molar-refractivity contribution in [2.75, 3.05) is 32.1 Å². The van der Waals surface area contributed by atoms with E-state index in [2.05, 4.69) is 0 Å². The third-order valence-corrected chi connectivity index (χ3v) is 2.80. The van der Waals surface area contributed by atoms with Gasteiger partial charge in [-0.2, -0.15) is 0 Å². The van der Waals surface area contributed by atoms with Crippen LogP contribution in [0.1, 0.15) is 0 Å². The summed E-state index contributed by atoms with van der Waals surface area (Å²) in [5, 5.41) is 9.07. The standard InChI is InChI=1S/C13H16N2O4/c1-14(2)8-12(16)15-7-11(13(17)18)19-10-6-4-3-5-9(10)15/h3-6,11H,7-8H2,1-2H3,(H,17,18). The number of ether oxygens (including phenoxy) is 1. The first-order valence-electron chi connectivity index (χ1n) is 5.92. The highest BCUT2D eigenvalue weighted by Crippen LogP contribution is 2.33. The molecule has 1 unspecified atom stereocenters. The average Bonchev–Trinajstić information content (AvgIpc) is 2.36. The SMILES string of the molecule is CN(C)CC(=O)N1CC(C(=O)O)Oc2ccccc21. The molecule has 1 heterocycles. The highest BCUT2D eigenvalue weighted by Gasteiger charge is 2.33. The fraction of sp³-hybridized carbons (Fsp3) is 0.385. The van der Waals surface area contributed by atoms with Crippen molar-refractivity contribution in [1.29, 1.82) is 0 Å². The van der Waals surface area contributed by atoms with Crippen LogP contribution in [0.15, 0.2) is 24.3 Å². The van der Waals surface area contributed by atoms with Crippen LogP contribution in [0.2, 0.25) is 0 Å². The summed E-state index contributed by atoms with van der Waals surface area (Å²) in [6.07, 6.45) is -1.03. The first-order valence-corrected chi connectivity index (χ1v) is 5.92. The Morgan fingerprint density at radius 2 is 2.11 bits per heavy atom. The van der Waals surface area contributed by atoms with Gasteiger partial charge < -0.3 is 19.6 Å². The number of carboxylic acids is 1. The number of nitrogens with zero attached hydrogens (tertiary/aromatic N) is 2. The molecule has 1 N–H and O–H groups in total. The molecule has 2 rings (SSSR count). The van der Waals surface area contributed by atoms with Gasteiger partial charge >= 0.3 is 5.97 Å². The number of para-hydroxylation sites is 2. The molecule has 0 saturated heterocycles. The number of carbonyl (C=O) groups excluding carboxylic acids is 1. The molecule has 0 aliphatic carbocycles. The molecule has 1 atom stereocenters. The summed E-state index contributed by atoms with van der Waals surface area (Å²) in [5.41, 5.74) is 0.617. The van der Waals surface area contributed by atoms with Crippen molar-refractivity contribution in [2.24, 2.45) is 0 Å². The van der Waals surface area contributed by atoms with Crippen molar-refractivity contribution in [3.63, 3.8) is 0 Å². The Hall–Kier alpha value is -2.08. The van der Waals surface area contributed by atoms with Gasteiger partial charge in [0.1, 0.15) is 5.75 Å². The monoisotopic (exact) mass is 264 g/mol. The average molecular weight is 264 g/mol. The van der Waals surface area contributed by atoms with Gasteiger partial charge in [-0.25, -0.2) is 4.79 Å². The lowest BCUT2D eigenvalue weighted by Gasteiger charge is -2.33. The molecule has 0 saturated carbocycles. The Bertz CT molecular complexity index is 501. The fourth-order valence-electron chi connectivity index (χ4n) is 1.96. The predicted molar refractivity (Wildman–Crippen MR) is 69.4 cm³/mol. The molecule has 102 valence electrons. The van der Waals surface area contributed by atoms with Gasteiger partial charge in [0.25, 0.3) is 0 Å². The number of hydrogen-bond donors (Lipinski definition) is 1. The molecule has 1 aromatic rings. The van der Waals surface area contributed by atoms with Gasteiger partial charge in [0, 0.05) is 0 Å². The third kappa shape index (κ3) is 2.85. The Kier molecular flexibility index (Phi) is 3.71. The first kappa shape index (κ1) is 13.4. The Balaban J connectivity index is 2.31. The number of fused-ring (bicyclic) bond motifs is 1. The minimum absolute atomic E-state index is 0.0268. The zero-order chi connectivity index (χ0) is 14.0. The maximum atomic E-state index is 12.2. The lowest BCUT2D eigenvalue weighted by molar-refractivity contribution is -0.145. The molecule has 6 nitrogen and oxygen atoms in total. The quantitative estimate of drug-likeness (QED) is 0.857. The minimum atomic E-state index is -1.07. The number of rotatable bonds is 3. The molecule has 1 aliphatic rings. The lowest BCUT2D eigenvalue weighted by Crippen LogP contribution is -2.49. The Labute approximate surface area is 111 Å². The number of likely N-dealkylation sites (N-methyl/N-ethyl adjacent to an activating group) is 1. The molecule has 1 aliphatic heterocycles. The van der Waals surface area contributed by atoms with Crippen molar-refractivity contribution >= 4 is 17.6 Å². The smallest absolute Gasteiger partial charge is 0.346 e. The van der Waals surface area contributed by atoms with Crippen molar-refractivity contribution in [2.45, 2.75) is 6.10 Å². The summed E-state index contributed by atoms with van der Waals surface area (Å²) in [7, 11) is 3.58. The molecular formula is C13H16N2O4. The van der Waals surface area contributed by atoms with E-state index >= 15 is 0 Å². The van der Waals surface area contributed by atoms with Gasteiger partial charge in [-0.1, -0.05) is 12.1 Å². The summed E-state index contributed by atoms with van der Waals surface area (Å²) < 4.78 is 5.37. The highest BCUT2D eigenvalue weighted by molar-refractivity contribution is 5.97. The zero-order valence-electron chi connectivity index (χ0n) is 10.9. The second-order valence-corrected chi connectivity index (χ2v) is 4.65. The van der Waals surface area contributed by atoms with E-state index in [0.29, 0.717) is 11.4 Å². The highest BCUT2D eigenvalue weighted by atomic mass is 16.5. The summed E-state index contributed by atoms with van der Waals surface area (Å²) in [6.45, 7) is 0.250. The van der Waals surface area contributed by atoms with E-state index in [-0.39, 0.29) is 19.0 Å². The summed E-state index contributed by atoms with van der Waals surface area (Å²) >= 11 is 0. The van der Waals surface area contributed by atoms with Gasteiger partial charge in [0.2, 0.25) is 12.0 Å². The van der Waals surface area contributed by atoms with E-state index in [1.165, 1.54) is 4.90 Å². The molecular weight excluding hydrogens is 248 g/mol. The Morgan fingerprint density at radius 3 is 2.74 bits per heavy atom. The molecule has 0 spiro atoms. The van der Waals surface area contributed by atoms with Crippen LogP contribution in [0, 0.1) is 0 Å². The minimum Gasteiger partial charge on any atom is -0.478 e. The van der Waals surface area contributed by atoms with Crippen LogP contribution in [0.25, 0.3) is 0 Å². The summed E-state index contributed by atoms with van der Waals surface area (Å²) in [4.78, 5) is 26.5. The maximum Gasteiger partial charge on any atom is 0.346 e. The summed E-state index contributed by atoms with van der Waals surface area (Å²) in [5.74, 6) is -0.794. The predicted octanol–water partition coefficient (Wildman–Crippen LogP) is 0.427. The number of aliphatic carboxylic acids is 1. The molecule has 0 radical (unpaired) electrons. The molecule has 19 heavy (non-hydrogen) atoms. The van der Waals surface area contributed by atoms with Gasteiger partial charge in [0.05, 0.1) is 18.8 Å². The second-order valence-electron chi connectivity index (χ2n) is 4.65. The van der Waals surface area contributed by atoms with Crippen LogP contribution in [0.4, 0.5) is 5.69 Å². The molecule has 1 amide bonds. The molecule has 0 aromatic heterocycles. The summed E-state index contributed by atoms with van der Waals surface area (Å²) in [6, 6.07) is 6.96. The number of carboxylic acid groups (broad SMARTS) is 1. The van der Waals surface area contributed by atoms with Gasteiger partial charge in [0.15, 0.2) is 0 Å². The van der Waals surface area contributed by atoms with E-state index in [9.17, 15) is 9.59 Å². The normalized spacial score (nSPS) is 17.8. The topological polar surface area (TPSA) is 70.1 Å². The van der Waals surface area contributed by atoms with Crippen molar-refractivity contribution < 1.29 is 19.4 Å². The number of hydrogen-bond acceptors (Lipinski definition) is 4. The van der Waals surface area contributed by atoms with E-state index in [1.807, 2.05) is 0 Å². The molecule has 0 bridgehead atoms. The number of benzene rings is 1. The maximum absolute atomic E-state index is 12.2. The van der Waals surface area contributed by atoms with Crippen molar-refractivity contribution in [3.05, 3.63) is 24.3 Å². The van der Waals surface area contributed by atoms with E-state index < -0.39 is 12.1 Å². The van der Waals surface area contributed by atoms with Crippen molar-refractivity contribution in [1.82, 2.24) is 4.90 Å². The molecule has 6 heteroatoms. The third-order valence-electron chi connectivity index (χ3n) is 2.80. The largest absolute Gasteiger partial charge is 0.478 e. The van der Waals surface area contributed by atoms with Crippen LogP contribution < -0.4 is 9.64 Å². The second kappa shape index (κ2) is 5.27. The van der Waals surface area contributed by atoms with Gasteiger partial charge in [-0.15, -0.1) is 0 Å². The number of carbonyl (C=O) groups is 2. The van der Waals surface area contributed by atoms with Crippen LogP contribution in [-0.2, 0) is 9.59 Å². The van der Waals surface area contributed by atoms with Crippen LogP contribution >= 0.6 is 0 Å². The van der Waals surface area contributed by atoms with Crippen LogP contribution in [0.3, 0.4) is 0 Å². The van der Waals surface area contributed by atoms with Gasteiger partial charge in [-0.05, 0) is 26.2 Å². The Morgan fingerprint density at radius 1 is 1.42 bits per heavy atom. The number of amides is 1. The van der Waals surface area contributed by atoms with Crippen LogP contribution in [0.5, 0.6) is 5.75 Å². The van der Waals surface area contributed by atoms with E-state index in [4.69, 9.17) is 9.84 Å². The molecule has 1 aromatic carbocycles. The van der Waals surface area contributed by atoms with E-state index in [1.54, 1.807) is 43.3 Å². The number of anilines is 1. The van der Waals surface area contributed by atoms with Gasteiger partial charge in [-0.3, -0.25) is 4.79 Å². The van der Waals surface area contributed by atoms with Crippen LogP contribution in [-0.4, -0.2) is 55.2 Å². The lowest BCUT2D eigenvalue weighted by atomic mass is 10.2. The van der Waals surface area contributed by atoms with Crippen molar-refractivity contribution in [3.8, 4) is 5.75 Å².